The molecule has 0 aromatic carbocycles. The van der Waals surface area contributed by atoms with Gasteiger partial charge in [-0.15, -0.1) is 0 Å². The van der Waals surface area contributed by atoms with E-state index in [-0.39, 0.29) is 53.6 Å². The first-order valence-corrected chi connectivity index (χ1v) is 1.84. The summed E-state index contributed by atoms with van der Waals surface area (Å²) in [4.78, 5) is 17.0. The molecule has 0 saturated heterocycles. The van der Waals surface area contributed by atoms with E-state index in [1.165, 1.54) is 0 Å². The molecule has 0 atom stereocenters. The Morgan fingerprint density at radius 2 is 1.14 bits per heavy atom. The van der Waals surface area contributed by atoms with Crippen molar-refractivity contribution in [3.05, 3.63) is 0 Å². The zero-order valence-electron chi connectivity index (χ0n) is 3.88. The Morgan fingerprint density at radius 1 is 1.14 bits per heavy atom. The van der Waals surface area contributed by atoms with Gasteiger partial charge in [0.1, 0.15) is 0 Å². The van der Waals surface area contributed by atoms with Gasteiger partial charge >= 0.3 is 53.6 Å². The van der Waals surface area contributed by atoms with Crippen molar-refractivity contribution in [1.29, 1.82) is 0 Å². The third kappa shape index (κ3) is 124. The molecule has 0 heterocycles. The molecule has 0 aromatic heterocycles. The van der Waals surface area contributed by atoms with Gasteiger partial charge in [-0.1, -0.05) is 0 Å². The van der Waals surface area contributed by atoms with E-state index in [1.54, 1.807) is 0 Å². The molecule has 0 radical (unpaired) electrons. The van der Waals surface area contributed by atoms with E-state index in [1.807, 2.05) is 0 Å². The normalized spacial score (nSPS) is 3.43. The molecule has 0 bridgehead atoms. The van der Waals surface area contributed by atoms with Crippen LogP contribution < -0.4 is 28.5 Å². The van der Waals surface area contributed by atoms with Gasteiger partial charge < -0.3 is 14.1 Å². The summed E-state index contributed by atoms with van der Waals surface area (Å²) in [5.41, 5.74) is 0. The van der Waals surface area contributed by atoms with Crippen LogP contribution in [-0.2, 0) is 4.46 Å². The fourth-order valence-corrected chi connectivity index (χ4v) is 0. The zero-order chi connectivity index (χ0) is 3.58. The van der Waals surface area contributed by atoms with E-state index < -0.39 is 9.17 Å². The molecule has 0 fully saturated rings. The summed E-state index contributed by atoms with van der Waals surface area (Å²) in [6, 6.07) is 0. The van der Waals surface area contributed by atoms with E-state index >= 15 is 0 Å². The van der Waals surface area contributed by atoms with Crippen LogP contribution in [0, 0.1) is 0 Å². The fraction of sp³-hybridized carbons (Fsp3) is 0. The molecule has 0 amide bonds. The summed E-state index contributed by atoms with van der Waals surface area (Å²) < 4.78 is 8.52. The molecule has 3 nitrogen and oxygen atoms in total. The molecule has 0 rings (SSSR count). The number of hydrogen-bond acceptors (Lipinski definition) is 3. The Balaban J connectivity index is -0.0000000150. The molecule has 7 heteroatoms. The summed E-state index contributed by atoms with van der Waals surface area (Å²) in [5.74, 6) is 0. The van der Waals surface area contributed by atoms with Crippen LogP contribution in [0.1, 0.15) is 0 Å². The average Bonchev–Trinajstić information content (AvgIpc) is 0.811. The minimum absolute atomic E-state index is 0. The Labute approximate surface area is 76.5 Å². The van der Waals surface area contributed by atoms with Crippen molar-refractivity contribution < 1.29 is 32.9 Å². The molecule has 0 unspecified atom stereocenters. The second-order valence-corrected chi connectivity index (χ2v) is 0.750. The van der Waals surface area contributed by atoms with Gasteiger partial charge in [0, 0.05) is 9.17 Å². The Bertz CT molecular complexity index is 35.9. The van der Waals surface area contributed by atoms with E-state index in [2.05, 4.69) is 0 Å². The molecule has 0 N–H and O–H groups in total. The molecular weight excluding hydrogens is 137 g/mol. The summed E-state index contributed by atoms with van der Waals surface area (Å²) >= 11 is 0. The van der Waals surface area contributed by atoms with Crippen LogP contribution in [0.15, 0.2) is 0 Å². The van der Waals surface area contributed by atoms with Crippen molar-refractivity contribution in [1.82, 2.24) is 0 Å². The molecule has 0 aliphatic carbocycles. The standard InChI is InChI=1S/2Al.Li.O3Si/c;;;1-4(2)3/q2*+3;+1;-2. The van der Waals surface area contributed by atoms with Crippen molar-refractivity contribution in [2.45, 2.75) is 0 Å². The van der Waals surface area contributed by atoms with E-state index in [4.69, 9.17) is 14.1 Å². The number of rotatable bonds is 0. The maximum absolute atomic E-state index is 8.52. The predicted octanol–water partition coefficient (Wildman–Crippen LogP) is -6.64. The van der Waals surface area contributed by atoms with Gasteiger partial charge in [0.2, 0.25) is 0 Å². The maximum Gasteiger partial charge on any atom is 3.00 e. The van der Waals surface area contributed by atoms with Gasteiger partial charge in [-0.2, -0.15) is 0 Å². The van der Waals surface area contributed by atoms with E-state index in [0.29, 0.717) is 0 Å². The van der Waals surface area contributed by atoms with Gasteiger partial charge in [-0.05, 0) is 0 Å². The molecule has 0 aromatic rings. The molecule has 0 saturated carbocycles. The van der Waals surface area contributed by atoms with Crippen LogP contribution in [0.4, 0.5) is 0 Å². The summed E-state index contributed by atoms with van der Waals surface area (Å²) in [6.07, 6.45) is 0. The third-order valence-electron chi connectivity index (χ3n) is 0. The number of hydrogen-bond donors (Lipinski definition) is 0. The second-order valence-electron chi connectivity index (χ2n) is 0.250. The van der Waals surface area contributed by atoms with Crippen molar-refractivity contribution in [3.8, 4) is 0 Å². The van der Waals surface area contributed by atoms with Gasteiger partial charge in [0.25, 0.3) is 0 Å². The third-order valence-corrected chi connectivity index (χ3v) is 0. The predicted molar refractivity (Wildman–Crippen MR) is 17.9 cm³/mol. The molecular formula is Al2LiO3Si+5. The zero-order valence-corrected chi connectivity index (χ0v) is 7.19. The smallest absolute Gasteiger partial charge is 0.672 e. The van der Waals surface area contributed by atoms with Crippen molar-refractivity contribution >= 4 is 43.9 Å². The van der Waals surface area contributed by atoms with Crippen molar-refractivity contribution in [2.24, 2.45) is 0 Å². The summed E-state index contributed by atoms with van der Waals surface area (Å²) in [5, 5.41) is 0. The quantitative estimate of drug-likeness (QED) is 0.312. The van der Waals surface area contributed by atoms with Crippen LogP contribution in [0.3, 0.4) is 0 Å². The van der Waals surface area contributed by atoms with Gasteiger partial charge in [-0.3, -0.25) is 0 Å². The Morgan fingerprint density at radius 3 is 1.14 bits per heavy atom. The SMILES string of the molecule is O=[Si]([O-])[O-].[Al+3].[Al+3].[Li+]. The van der Waals surface area contributed by atoms with Crippen LogP contribution in [0.5, 0.6) is 0 Å². The van der Waals surface area contributed by atoms with Crippen molar-refractivity contribution in [2.75, 3.05) is 0 Å². The molecule has 0 aliphatic heterocycles. The summed E-state index contributed by atoms with van der Waals surface area (Å²) in [6.45, 7) is 0. The van der Waals surface area contributed by atoms with Gasteiger partial charge in [0.05, 0.1) is 0 Å². The largest absolute Gasteiger partial charge is 3.00 e. The summed E-state index contributed by atoms with van der Waals surface area (Å²) in [7, 11) is -3.63. The minimum atomic E-state index is -3.63. The van der Waals surface area contributed by atoms with Crippen molar-refractivity contribution in [3.63, 3.8) is 0 Å². The molecule has 7 heavy (non-hydrogen) atoms. The average molecular weight is 137 g/mol. The second kappa shape index (κ2) is 15.7. The van der Waals surface area contributed by atoms with Gasteiger partial charge in [-0.25, -0.2) is 0 Å². The van der Waals surface area contributed by atoms with E-state index in [9.17, 15) is 0 Å². The van der Waals surface area contributed by atoms with Gasteiger partial charge in [0.15, 0.2) is 0 Å². The Hall–Kier alpha value is 1.28. The maximum atomic E-state index is 8.52. The fourth-order valence-electron chi connectivity index (χ4n) is 0. The van der Waals surface area contributed by atoms with Crippen LogP contribution in [0.25, 0.3) is 0 Å². The molecule has 0 aliphatic rings. The topological polar surface area (TPSA) is 63.2 Å². The van der Waals surface area contributed by atoms with Crippen LogP contribution >= 0.6 is 0 Å². The first-order chi connectivity index (χ1) is 1.73. The van der Waals surface area contributed by atoms with Crippen LogP contribution in [-0.4, -0.2) is 43.9 Å². The first-order valence-electron chi connectivity index (χ1n) is 0.612. The van der Waals surface area contributed by atoms with E-state index in [0.717, 1.165) is 0 Å². The Kier molecular flexibility index (Phi) is 53.6. The molecule has 0 spiro atoms. The first kappa shape index (κ1) is 24.0. The molecule has 24 valence electrons. The van der Waals surface area contributed by atoms with Crippen LogP contribution in [0.2, 0.25) is 0 Å². The monoisotopic (exact) mass is 137 g/mol. The minimum Gasteiger partial charge on any atom is -0.672 e.